The van der Waals surface area contributed by atoms with E-state index in [1.54, 1.807) is 17.0 Å². The second kappa shape index (κ2) is 8.36. The highest BCUT2D eigenvalue weighted by molar-refractivity contribution is 9.10. The molecular weight excluding hydrogens is 354 g/mol. The Balaban J connectivity index is 2.06. The van der Waals surface area contributed by atoms with Gasteiger partial charge in [0.1, 0.15) is 0 Å². The molecule has 1 aromatic rings. The summed E-state index contributed by atoms with van der Waals surface area (Å²) in [5, 5.41) is 9.24. The molecule has 6 nitrogen and oxygen atoms in total. The topological polar surface area (TPSA) is 68.2 Å². The summed E-state index contributed by atoms with van der Waals surface area (Å²) < 4.78 is 17.0. The summed E-state index contributed by atoms with van der Waals surface area (Å²) in [4.78, 5) is 13.8. The molecule has 0 radical (unpaired) electrons. The molecule has 22 heavy (non-hydrogen) atoms. The second-order valence-electron chi connectivity index (χ2n) is 4.78. The molecule has 0 atom stereocenters. The van der Waals surface area contributed by atoms with Crippen LogP contribution in [0.25, 0.3) is 0 Å². The minimum absolute atomic E-state index is 0.0584. The first-order valence-electron chi connectivity index (χ1n) is 7.20. The van der Waals surface area contributed by atoms with Crippen molar-refractivity contribution in [3.8, 4) is 11.5 Å². The van der Waals surface area contributed by atoms with Gasteiger partial charge in [-0.15, -0.1) is 0 Å². The first-order valence-corrected chi connectivity index (χ1v) is 7.99. The number of carbonyl (C=O) groups is 1. The molecule has 1 aliphatic heterocycles. The molecule has 0 unspecified atom stereocenters. The number of hydrogen-bond donors (Lipinski definition) is 1. The predicted molar refractivity (Wildman–Crippen MR) is 84.1 cm³/mol. The van der Waals surface area contributed by atoms with Crippen molar-refractivity contribution in [2.75, 3.05) is 39.5 Å². The van der Waals surface area contributed by atoms with E-state index >= 15 is 0 Å². The maximum Gasteiger partial charge on any atom is 0.260 e. The smallest absolute Gasteiger partial charge is 0.260 e. The molecule has 1 aromatic carbocycles. The van der Waals surface area contributed by atoms with Crippen LogP contribution in [0.4, 0.5) is 0 Å². The molecule has 0 bridgehead atoms. The number of benzene rings is 1. The highest BCUT2D eigenvalue weighted by Crippen LogP contribution is 2.37. The lowest BCUT2D eigenvalue weighted by molar-refractivity contribution is -0.137. The molecule has 1 N–H and O–H groups in total. The van der Waals surface area contributed by atoms with Gasteiger partial charge in [0.15, 0.2) is 18.1 Å². The van der Waals surface area contributed by atoms with Crippen LogP contribution >= 0.6 is 15.9 Å². The van der Waals surface area contributed by atoms with Gasteiger partial charge in [-0.25, -0.2) is 0 Å². The van der Waals surface area contributed by atoms with Crippen molar-refractivity contribution in [1.82, 2.24) is 4.90 Å². The molecule has 122 valence electrons. The summed E-state index contributed by atoms with van der Waals surface area (Å²) in [6.07, 6.45) is 0. The number of hydrogen-bond acceptors (Lipinski definition) is 5. The number of carbonyl (C=O) groups excluding carboxylic acids is 1. The van der Waals surface area contributed by atoms with Crippen LogP contribution in [0.1, 0.15) is 12.5 Å². The van der Waals surface area contributed by atoms with E-state index in [0.717, 1.165) is 0 Å². The fraction of sp³-hybridized carbons (Fsp3) is 0.533. The third-order valence-corrected chi connectivity index (χ3v) is 3.84. The van der Waals surface area contributed by atoms with Gasteiger partial charge in [0.25, 0.3) is 5.91 Å². The van der Waals surface area contributed by atoms with E-state index in [1.807, 2.05) is 6.92 Å². The molecule has 1 aliphatic rings. The molecule has 0 spiro atoms. The minimum Gasteiger partial charge on any atom is -0.490 e. The summed E-state index contributed by atoms with van der Waals surface area (Å²) in [7, 11) is 0. The molecule has 1 heterocycles. The Labute approximate surface area is 138 Å². The van der Waals surface area contributed by atoms with E-state index in [2.05, 4.69) is 15.9 Å². The van der Waals surface area contributed by atoms with Crippen LogP contribution in [-0.4, -0.2) is 55.4 Å². The van der Waals surface area contributed by atoms with Crippen molar-refractivity contribution in [2.45, 2.75) is 13.5 Å². The van der Waals surface area contributed by atoms with Crippen LogP contribution in [-0.2, 0) is 16.1 Å². The van der Waals surface area contributed by atoms with Crippen LogP contribution < -0.4 is 9.47 Å². The van der Waals surface area contributed by atoms with E-state index in [1.165, 1.54) is 0 Å². The Bertz CT molecular complexity index is 517. The Morgan fingerprint density at radius 3 is 2.73 bits per heavy atom. The fourth-order valence-electron chi connectivity index (χ4n) is 2.15. The number of ether oxygens (including phenoxy) is 3. The van der Waals surface area contributed by atoms with Crippen LogP contribution in [0, 0.1) is 0 Å². The molecule has 2 rings (SSSR count). The minimum atomic E-state index is -0.0916. The van der Waals surface area contributed by atoms with Crippen LogP contribution in [0.5, 0.6) is 11.5 Å². The lowest BCUT2D eigenvalue weighted by atomic mass is 10.2. The highest BCUT2D eigenvalue weighted by Gasteiger charge is 2.19. The Hall–Kier alpha value is -1.31. The Morgan fingerprint density at radius 2 is 2.09 bits per heavy atom. The van der Waals surface area contributed by atoms with Crippen LogP contribution in [0.15, 0.2) is 16.6 Å². The maximum absolute atomic E-state index is 12.1. The van der Waals surface area contributed by atoms with Gasteiger partial charge < -0.3 is 24.2 Å². The van der Waals surface area contributed by atoms with Gasteiger partial charge in [-0.1, -0.05) is 0 Å². The van der Waals surface area contributed by atoms with Gasteiger partial charge in [0.05, 0.1) is 30.9 Å². The molecule has 1 saturated heterocycles. The number of nitrogens with zero attached hydrogens (tertiary/aromatic N) is 1. The van der Waals surface area contributed by atoms with Gasteiger partial charge >= 0.3 is 0 Å². The zero-order chi connectivity index (χ0) is 15.9. The first kappa shape index (κ1) is 17.1. The number of aliphatic hydroxyl groups is 1. The molecule has 0 aromatic heterocycles. The summed E-state index contributed by atoms with van der Waals surface area (Å²) in [6.45, 7) is 4.48. The quantitative estimate of drug-likeness (QED) is 0.819. The number of amides is 1. The fourth-order valence-corrected chi connectivity index (χ4v) is 2.76. The van der Waals surface area contributed by atoms with Crippen molar-refractivity contribution < 1.29 is 24.1 Å². The molecule has 7 heteroatoms. The average molecular weight is 374 g/mol. The van der Waals surface area contributed by atoms with Crippen LogP contribution in [0.2, 0.25) is 0 Å². The zero-order valence-corrected chi connectivity index (χ0v) is 14.1. The Morgan fingerprint density at radius 1 is 1.36 bits per heavy atom. The van der Waals surface area contributed by atoms with E-state index in [-0.39, 0.29) is 19.1 Å². The van der Waals surface area contributed by atoms with Crippen molar-refractivity contribution >= 4 is 21.8 Å². The normalized spacial score (nSPS) is 14.8. The van der Waals surface area contributed by atoms with E-state index in [9.17, 15) is 9.90 Å². The zero-order valence-electron chi connectivity index (χ0n) is 12.5. The summed E-state index contributed by atoms with van der Waals surface area (Å²) in [5.74, 6) is 0.903. The van der Waals surface area contributed by atoms with Gasteiger partial charge in [-0.05, 0) is 40.5 Å². The largest absolute Gasteiger partial charge is 0.490 e. The highest BCUT2D eigenvalue weighted by atomic mass is 79.9. The lowest BCUT2D eigenvalue weighted by Gasteiger charge is -2.27. The van der Waals surface area contributed by atoms with E-state index in [4.69, 9.17) is 14.2 Å². The second-order valence-corrected chi connectivity index (χ2v) is 5.63. The van der Waals surface area contributed by atoms with Gasteiger partial charge in [-0.2, -0.15) is 0 Å². The maximum atomic E-state index is 12.1. The number of halogens is 1. The SMILES string of the molecule is CCOc1cc(CO)cc(Br)c1OCC(=O)N1CCOCC1. The van der Waals surface area contributed by atoms with Crippen molar-refractivity contribution in [3.63, 3.8) is 0 Å². The van der Waals surface area contributed by atoms with Gasteiger partial charge in [0, 0.05) is 13.1 Å². The number of aliphatic hydroxyl groups excluding tert-OH is 1. The standard InChI is InChI=1S/C15H20BrNO5/c1-2-21-13-8-11(9-18)7-12(16)15(13)22-10-14(19)17-3-5-20-6-4-17/h7-8,18H,2-6,9-10H2,1H3. The summed E-state index contributed by atoms with van der Waals surface area (Å²) >= 11 is 3.39. The van der Waals surface area contributed by atoms with E-state index in [0.29, 0.717) is 54.4 Å². The lowest BCUT2D eigenvalue weighted by Crippen LogP contribution is -2.43. The van der Waals surface area contributed by atoms with Crippen molar-refractivity contribution in [1.29, 1.82) is 0 Å². The predicted octanol–water partition coefficient (Wildman–Crippen LogP) is 1.58. The number of morpholine rings is 1. The summed E-state index contributed by atoms with van der Waals surface area (Å²) in [6, 6.07) is 3.46. The molecule has 0 saturated carbocycles. The van der Waals surface area contributed by atoms with Gasteiger partial charge in [-0.3, -0.25) is 4.79 Å². The van der Waals surface area contributed by atoms with Crippen LogP contribution in [0.3, 0.4) is 0 Å². The third-order valence-electron chi connectivity index (χ3n) is 3.26. The van der Waals surface area contributed by atoms with Crippen molar-refractivity contribution in [3.05, 3.63) is 22.2 Å². The van der Waals surface area contributed by atoms with E-state index < -0.39 is 0 Å². The molecule has 0 aliphatic carbocycles. The molecular formula is C15H20BrNO5. The summed E-state index contributed by atoms with van der Waals surface area (Å²) in [5.41, 5.74) is 0.710. The average Bonchev–Trinajstić information content (AvgIpc) is 2.54. The number of rotatable bonds is 6. The monoisotopic (exact) mass is 373 g/mol. The van der Waals surface area contributed by atoms with Gasteiger partial charge in [0.2, 0.25) is 0 Å². The molecule has 1 amide bonds. The molecule has 1 fully saturated rings. The first-order chi connectivity index (χ1) is 10.7. The van der Waals surface area contributed by atoms with Crippen molar-refractivity contribution in [2.24, 2.45) is 0 Å². The Kier molecular flexibility index (Phi) is 6.48. The third kappa shape index (κ3) is 4.34.